The molecule has 8 nitrogen and oxygen atoms in total. The monoisotopic (exact) mass is 560 g/mol. The topological polar surface area (TPSA) is 99.6 Å². The molecule has 0 saturated heterocycles. The SMILES string of the molecule is C#CCOc1c(Br)cc(C=Nn2c([C@H](C)CC)nc3ccc(Br)cc3c2=O)cc1[N+](=O)[O-]. The quantitative estimate of drug-likeness (QED) is 0.170. The number of halogens is 2. The van der Waals surface area contributed by atoms with Crippen LogP contribution < -0.4 is 10.3 Å². The molecule has 0 amide bonds. The average molecular weight is 562 g/mol. The predicted octanol–water partition coefficient (Wildman–Crippen LogP) is 5.24. The van der Waals surface area contributed by atoms with Gasteiger partial charge in [0.2, 0.25) is 5.75 Å². The van der Waals surface area contributed by atoms with E-state index in [2.05, 4.69) is 47.9 Å². The van der Waals surface area contributed by atoms with Gasteiger partial charge in [0, 0.05) is 22.0 Å². The van der Waals surface area contributed by atoms with Crippen LogP contribution in [0.3, 0.4) is 0 Å². The Morgan fingerprint density at radius 2 is 2.12 bits per heavy atom. The maximum absolute atomic E-state index is 13.2. The fourth-order valence-corrected chi connectivity index (χ4v) is 3.91. The summed E-state index contributed by atoms with van der Waals surface area (Å²) in [7, 11) is 0. The molecule has 0 N–H and O–H groups in total. The molecule has 0 unspecified atom stereocenters. The summed E-state index contributed by atoms with van der Waals surface area (Å²) in [4.78, 5) is 28.8. The molecule has 0 saturated carbocycles. The smallest absolute Gasteiger partial charge is 0.312 e. The van der Waals surface area contributed by atoms with Gasteiger partial charge in [0.15, 0.2) is 0 Å². The van der Waals surface area contributed by atoms with Crippen LogP contribution in [0.4, 0.5) is 5.69 Å². The fraction of sp³-hybridized carbons (Fsp3) is 0.227. The summed E-state index contributed by atoms with van der Waals surface area (Å²) in [5.74, 6) is 2.78. The summed E-state index contributed by atoms with van der Waals surface area (Å²) < 4.78 is 7.64. The van der Waals surface area contributed by atoms with Crippen molar-refractivity contribution in [3.63, 3.8) is 0 Å². The standard InChI is InChI=1S/C22H18Br2N4O4/c1-4-8-32-20-17(24)9-14(10-19(20)28(30)31)12-25-27-21(13(3)5-2)26-18-7-6-15(23)11-16(18)22(27)29/h1,6-7,9-13H,5,8H2,2-3H3/t13-/m1/s1. The Morgan fingerprint density at radius 3 is 2.78 bits per heavy atom. The molecule has 1 heterocycles. The first-order chi connectivity index (χ1) is 15.3. The maximum Gasteiger partial charge on any atom is 0.312 e. The molecule has 0 radical (unpaired) electrons. The van der Waals surface area contributed by atoms with Crippen molar-refractivity contribution in [1.29, 1.82) is 0 Å². The number of ether oxygens (including phenoxy) is 1. The molecule has 1 atom stereocenters. The van der Waals surface area contributed by atoms with Crippen molar-refractivity contribution in [2.24, 2.45) is 5.10 Å². The molecular weight excluding hydrogens is 544 g/mol. The van der Waals surface area contributed by atoms with Crippen LogP contribution in [0.2, 0.25) is 0 Å². The summed E-state index contributed by atoms with van der Waals surface area (Å²) >= 11 is 6.66. The molecule has 2 aromatic carbocycles. The third kappa shape index (κ3) is 4.89. The lowest BCUT2D eigenvalue weighted by Gasteiger charge is -2.14. The highest BCUT2D eigenvalue weighted by Gasteiger charge is 2.20. The molecule has 0 aliphatic heterocycles. The number of rotatable bonds is 7. The van der Waals surface area contributed by atoms with Crippen molar-refractivity contribution < 1.29 is 9.66 Å². The molecule has 0 aliphatic carbocycles. The largest absolute Gasteiger partial charge is 0.473 e. The third-order valence-electron chi connectivity index (χ3n) is 4.75. The van der Waals surface area contributed by atoms with Crippen LogP contribution in [0.5, 0.6) is 5.75 Å². The first-order valence-electron chi connectivity index (χ1n) is 9.57. The molecule has 0 aliphatic rings. The van der Waals surface area contributed by atoms with E-state index in [9.17, 15) is 14.9 Å². The number of hydrogen-bond donors (Lipinski definition) is 0. The van der Waals surface area contributed by atoms with Gasteiger partial charge in [0.1, 0.15) is 12.4 Å². The number of benzene rings is 2. The highest BCUT2D eigenvalue weighted by atomic mass is 79.9. The number of terminal acetylenes is 1. The van der Waals surface area contributed by atoms with Crippen LogP contribution >= 0.6 is 31.9 Å². The van der Waals surface area contributed by atoms with Crippen LogP contribution in [-0.2, 0) is 0 Å². The number of nitro benzene ring substituents is 1. The van der Waals surface area contributed by atoms with Crippen molar-refractivity contribution >= 4 is 54.7 Å². The summed E-state index contributed by atoms with van der Waals surface area (Å²) in [6.45, 7) is 3.84. The van der Waals surface area contributed by atoms with Crippen LogP contribution in [0.15, 0.2) is 49.2 Å². The van der Waals surface area contributed by atoms with Crippen molar-refractivity contribution in [2.45, 2.75) is 26.2 Å². The number of nitro groups is 1. The molecule has 0 fully saturated rings. The van der Waals surface area contributed by atoms with Crippen LogP contribution in [0.25, 0.3) is 10.9 Å². The van der Waals surface area contributed by atoms with Gasteiger partial charge in [0.25, 0.3) is 5.56 Å². The van der Waals surface area contributed by atoms with Crippen LogP contribution in [0.1, 0.15) is 37.6 Å². The van der Waals surface area contributed by atoms with E-state index >= 15 is 0 Å². The van der Waals surface area contributed by atoms with Gasteiger partial charge in [-0.2, -0.15) is 9.78 Å². The van der Waals surface area contributed by atoms with E-state index in [-0.39, 0.29) is 29.5 Å². The van der Waals surface area contributed by atoms with E-state index in [0.717, 1.165) is 10.9 Å². The fourth-order valence-electron chi connectivity index (χ4n) is 2.97. The Hall–Kier alpha value is -3.03. The summed E-state index contributed by atoms with van der Waals surface area (Å²) in [5, 5.41) is 16.3. The van der Waals surface area contributed by atoms with E-state index in [4.69, 9.17) is 11.2 Å². The van der Waals surface area contributed by atoms with Crippen LogP contribution in [0, 0.1) is 22.5 Å². The molecule has 0 bridgehead atoms. The van der Waals surface area contributed by atoms with Gasteiger partial charge in [-0.3, -0.25) is 14.9 Å². The van der Waals surface area contributed by atoms with Crippen LogP contribution in [-0.4, -0.2) is 27.4 Å². The van der Waals surface area contributed by atoms with Gasteiger partial charge in [0.05, 0.1) is 26.5 Å². The lowest BCUT2D eigenvalue weighted by atomic mass is 10.1. The Labute approximate surface area is 200 Å². The molecule has 10 heteroatoms. The zero-order valence-corrected chi connectivity index (χ0v) is 20.4. The number of hydrogen-bond acceptors (Lipinski definition) is 6. The predicted molar refractivity (Wildman–Crippen MR) is 131 cm³/mol. The van der Waals surface area contributed by atoms with Gasteiger partial charge in [-0.25, -0.2) is 4.98 Å². The van der Waals surface area contributed by atoms with Crippen molar-refractivity contribution in [1.82, 2.24) is 9.66 Å². The minimum atomic E-state index is -0.570. The second-order valence-electron chi connectivity index (χ2n) is 6.90. The number of nitrogens with zero attached hydrogens (tertiary/aromatic N) is 4. The second-order valence-corrected chi connectivity index (χ2v) is 8.67. The molecule has 32 heavy (non-hydrogen) atoms. The van der Waals surface area contributed by atoms with Gasteiger partial charge in [-0.1, -0.05) is 35.7 Å². The van der Waals surface area contributed by atoms with Gasteiger partial charge in [-0.05, 0) is 46.6 Å². The second kappa shape index (κ2) is 10.1. The molecule has 0 spiro atoms. The molecule has 1 aromatic heterocycles. The van der Waals surface area contributed by atoms with Crippen molar-refractivity contribution in [3.05, 3.63) is 71.1 Å². The first-order valence-corrected chi connectivity index (χ1v) is 11.2. The number of aromatic nitrogens is 2. The Bertz CT molecular complexity index is 1330. The zero-order chi connectivity index (χ0) is 23.4. The van der Waals surface area contributed by atoms with Gasteiger partial charge < -0.3 is 4.74 Å². The summed E-state index contributed by atoms with van der Waals surface area (Å²) in [5.41, 5.74) is 0.373. The van der Waals surface area contributed by atoms with Crippen molar-refractivity contribution in [3.8, 4) is 18.1 Å². The van der Waals surface area contributed by atoms with E-state index < -0.39 is 4.92 Å². The highest BCUT2D eigenvalue weighted by molar-refractivity contribution is 9.10. The molecule has 3 rings (SSSR count). The molecule has 3 aromatic rings. The normalized spacial score (nSPS) is 12.1. The van der Waals surface area contributed by atoms with Crippen molar-refractivity contribution in [2.75, 3.05) is 6.61 Å². The zero-order valence-electron chi connectivity index (χ0n) is 17.2. The highest BCUT2D eigenvalue weighted by Crippen LogP contribution is 2.36. The maximum atomic E-state index is 13.2. The lowest BCUT2D eigenvalue weighted by Crippen LogP contribution is -2.23. The van der Waals surface area contributed by atoms with E-state index in [0.29, 0.717) is 26.8 Å². The average Bonchev–Trinajstić information content (AvgIpc) is 2.77. The molecular formula is C22H18Br2N4O4. The first kappa shape index (κ1) is 23.6. The van der Waals surface area contributed by atoms with E-state index in [1.807, 2.05) is 19.9 Å². The molecule has 164 valence electrons. The minimum Gasteiger partial charge on any atom is -0.473 e. The van der Waals surface area contributed by atoms with E-state index in [1.54, 1.807) is 18.2 Å². The summed E-state index contributed by atoms with van der Waals surface area (Å²) in [6, 6.07) is 8.19. The van der Waals surface area contributed by atoms with Gasteiger partial charge >= 0.3 is 5.69 Å². The minimum absolute atomic E-state index is 0.0276. The summed E-state index contributed by atoms with van der Waals surface area (Å²) in [6.07, 6.45) is 7.31. The Balaban J connectivity index is 2.15. The van der Waals surface area contributed by atoms with E-state index in [1.165, 1.54) is 17.0 Å². The van der Waals surface area contributed by atoms with Gasteiger partial charge in [-0.15, -0.1) is 6.42 Å². The Kier molecular flexibility index (Phi) is 7.43. The Morgan fingerprint density at radius 1 is 1.38 bits per heavy atom. The third-order valence-corrected chi connectivity index (χ3v) is 5.83. The number of fused-ring (bicyclic) bond motifs is 1. The lowest BCUT2D eigenvalue weighted by molar-refractivity contribution is -0.385.